The average molecular weight is 318 g/mol. The lowest BCUT2D eigenvalue weighted by Crippen LogP contribution is -2.61. The van der Waals surface area contributed by atoms with Crippen molar-refractivity contribution in [3.63, 3.8) is 0 Å². The molecule has 0 fully saturated rings. The SMILES string of the molecule is CC/C=C/CCCCOC[N+](CCO)(CCO)C(C)C(=O)O. The lowest BCUT2D eigenvalue weighted by molar-refractivity contribution is -0.959. The van der Waals surface area contributed by atoms with Gasteiger partial charge in [0.25, 0.3) is 0 Å². The molecular weight excluding hydrogens is 286 g/mol. The van der Waals surface area contributed by atoms with Crippen molar-refractivity contribution >= 4 is 5.97 Å². The van der Waals surface area contributed by atoms with Gasteiger partial charge in [-0.05, 0) is 32.6 Å². The van der Waals surface area contributed by atoms with Gasteiger partial charge < -0.3 is 20.1 Å². The van der Waals surface area contributed by atoms with E-state index in [2.05, 4.69) is 19.1 Å². The second kappa shape index (κ2) is 12.6. The number of ether oxygens (including phenoxy) is 1. The average Bonchev–Trinajstić information content (AvgIpc) is 2.49. The highest BCUT2D eigenvalue weighted by atomic mass is 16.5. The van der Waals surface area contributed by atoms with Gasteiger partial charge in [0.1, 0.15) is 13.1 Å². The van der Waals surface area contributed by atoms with E-state index in [9.17, 15) is 20.1 Å². The van der Waals surface area contributed by atoms with Gasteiger partial charge in [-0.3, -0.25) is 4.48 Å². The molecule has 0 bridgehead atoms. The zero-order chi connectivity index (χ0) is 16.8. The topological polar surface area (TPSA) is 87.0 Å². The van der Waals surface area contributed by atoms with Crippen LogP contribution in [-0.4, -0.2) is 71.5 Å². The van der Waals surface area contributed by atoms with Gasteiger partial charge in [0.15, 0.2) is 12.8 Å². The minimum Gasteiger partial charge on any atom is -0.477 e. The summed E-state index contributed by atoms with van der Waals surface area (Å²) in [7, 11) is 0. The molecule has 0 saturated heterocycles. The van der Waals surface area contributed by atoms with E-state index in [1.54, 1.807) is 6.92 Å². The van der Waals surface area contributed by atoms with Gasteiger partial charge >= 0.3 is 5.97 Å². The number of hydrogen-bond donors (Lipinski definition) is 3. The van der Waals surface area contributed by atoms with Crippen molar-refractivity contribution in [3.05, 3.63) is 12.2 Å². The number of allylic oxidation sites excluding steroid dienone is 2. The van der Waals surface area contributed by atoms with Gasteiger partial charge in [0.2, 0.25) is 0 Å². The summed E-state index contributed by atoms with van der Waals surface area (Å²) in [5.41, 5.74) is 0. The Hall–Kier alpha value is -0.950. The van der Waals surface area contributed by atoms with Crippen LogP contribution in [0.4, 0.5) is 0 Å². The molecule has 0 radical (unpaired) electrons. The monoisotopic (exact) mass is 318 g/mol. The van der Waals surface area contributed by atoms with E-state index < -0.39 is 12.0 Å². The first-order chi connectivity index (χ1) is 10.5. The normalized spacial score (nSPS) is 13.6. The second-order valence-corrected chi connectivity index (χ2v) is 5.54. The zero-order valence-electron chi connectivity index (χ0n) is 13.9. The third kappa shape index (κ3) is 7.89. The number of carbonyl (C=O) groups is 1. The van der Waals surface area contributed by atoms with Crippen LogP contribution >= 0.6 is 0 Å². The number of unbranched alkanes of at least 4 members (excludes halogenated alkanes) is 2. The molecule has 3 N–H and O–H groups in total. The summed E-state index contributed by atoms with van der Waals surface area (Å²) in [4.78, 5) is 11.3. The van der Waals surface area contributed by atoms with E-state index in [1.165, 1.54) is 0 Å². The number of carboxylic acid groups (broad SMARTS) is 1. The second-order valence-electron chi connectivity index (χ2n) is 5.54. The molecule has 0 aliphatic heterocycles. The number of quaternary nitrogens is 1. The van der Waals surface area contributed by atoms with Gasteiger partial charge in [-0.1, -0.05) is 19.1 Å². The van der Waals surface area contributed by atoms with E-state index >= 15 is 0 Å². The quantitative estimate of drug-likeness (QED) is 0.195. The summed E-state index contributed by atoms with van der Waals surface area (Å²) >= 11 is 0. The largest absolute Gasteiger partial charge is 0.477 e. The van der Waals surface area contributed by atoms with Gasteiger partial charge in [0.05, 0.1) is 19.8 Å². The Bertz CT molecular complexity index is 314. The number of aliphatic hydroxyl groups excluding tert-OH is 2. The Morgan fingerprint density at radius 3 is 2.32 bits per heavy atom. The molecule has 0 rings (SSSR count). The smallest absolute Gasteiger partial charge is 0.362 e. The Balaban J connectivity index is 4.34. The zero-order valence-corrected chi connectivity index (χ0v) is 13.9. The minimum atomic E-state index is -0.949. The van der Waals surface area contributed by atoms with Crippen LogP contribution in [-0.2, 0) is 9.53 Å². The molecule has 1 unspecified atom stereocenters. The molecule has 0 aromatic rings. The third-order valence-electron chi connectivity index (χ3n) is 3.93. The fourth-order valence-electron chi connectivity index (χ4n) is 2.37. The summed E-state index contributed by atoms with van der Waals surface area (Å²) in [6.45, 7) is 4.68. The highest BCUT2D eigenvalue weighted by Crippen LogP contribution is 2.15. The number of hydrogen-bond acceptors (Lipinski definition) is 4. The molecule has 1 atom stereocenters. The van der Waals surface area contributed by atoms with Gasteiger partial charge in [0, 0.05) is 0 Å². The summed E-state index contributed by atoms with van der Waals surface area (Å²) in [6.07, 6.45) is 8.31. The first-order valence-corrected chi connectivity index (χ1v) is 8.07. The molecule has 130 valence electrons. The maximum absolute atomic E-state index is 11.3. The number of rotatable bonds is 14. The molecule has 6 nitrogen and oxygen atoms in total. The number of aliphatic hydroxyl groups is 2. The van der Waals surface area contributed by atoms with Crippen LogP contribution < -0.4 is 0 Å². The molecule has 0 aromatic carbocycles. The molecule has 0 aromatic heterocycles. The van der Waals surface area contributed by atoms with Crippen molar-refractivity contribution < 1.29 is 29.3 Å². The van der Waals surface area contributed by atoms with E-state index in [1.807, 2.05) is 0 Å². The predicted octanol–water partition coefficient (Wildman–Crippen LogP) is 1.37. The highest BCUT2D eigenvalue weighted by molar-refractivity contribution is 5.71. The number of aliphatic carboxylic acids is 1. The van der Waals surface area contributed by atoms with Gasteiger partial charge in [-0.15, -0.1) is 0 Å². The molecule has 6 heteroatoms. The first kappa shape index (κ1) is 21.0. The van der Waals surface area contributed by atoms with E-state index in [0.29, 0.717) is 6.61 Å². The fourth-order valence-corrected chi connectivity index (χ4v) is 2.37. The van der Waals surface area contributed by atoms with Crippen LogP contribution in [0.25, 0.3) is 0 Å². The summed E-state index contributed by atoms with van der Waals surface area (Å²) < 4.78 is 5.68. The van der Waals surface area contributed by atoms with Crippen molar-refractivity contribution in [2.24, 2.45) is 0 Å². The molecule has 0 spiro atoms. The van der Waals surface area contributed by atoms with Gasteiger partial charge in [-0.25, -0.2) is 4.79 Å². The Labute approximate surface area is 133 Å². The van der Waals surface area contributed by atoms with Crippen molar-refractivity contribution in [2.75, 3.05) is 39.6 Å². The van der Waals surface area contributed by atoms with Crippen LogP contribution in [0, 0.1) is 0 Å². The van der Waals surface area contributed by atoms with Crippen molar-refractivity contribution in [2.45, 2.75) is 45.6 Å². The van der Waals surface area contributed by atoms with Crippen molar-refractivity contribution in [1.29, 1.82) is 0 Å². The van der Waals surface area contributed by atoms with E-state index in [-0.39, 0.29) is 37.5 Å². The Morgan fingerprint density at radius 2 is 1.82 bits per heavy atom. The summed E-state index contributed by atoms with van der Waals surface area (Å²) in [6, 6.07) is -0.730. The van der Waals surface area contributed by atoms with Gasteiger partial charge in [-0.2, -0.15) is 0 Å². The van der Waals surface area contributed by atoms with E-state index in [4.69, 9.17) is 4.74 Å². The minimum absolute atomic E-state index is 0.0398. The van der Waals surface area contributed by atoms with Crippen LogP contribution in [0.2, 0.25) is 0 Å². The third-order valence-corrected chi connectivity index (χ3v) is 3.93. The molecular formula is C16H32NO5+. The first-order valence-electron chi connectivity index (χ1n) is 8.07. The number of carboxylic acids is 1. The Morgan fingerprint density at radius 1 is 1.18 bits per heavy atom. The predicted molar refractivity (Wildman–Crippen MR) is 85.4 cm³/mol. The van der Waals surface area contributed by atoms with Crippen LogP contribution in [0.1, 0.15) is 39.5 Å². The molecule has 0 saturated carbocycles. The number of nitrogens with zero attached hydrogens (tertiary/aromatic N) is 1. The van der Waals surface area contributed by atoms with E-state index in [0.717, 1.165) is 25.7 Å². The van der Waals surface area contributed by atoms with Crippen LogP contribution in [0.5, 0.6) is 0 Å². The molecule has 0 aliphatic carbocycles. The standard InChI is InChI=1S/C16H31NO5/c1-3-4-5-6-7-8-13-22-14-17(9-11-18,10-12-19)15(2)16(20)21/h4-5,15,18-19H,3,6-14H2,1-2H3/p+1/b5-4+. The lowest BCUT2D eigenvalue weighted by atomic mass is 10.2. The Kier molecular flexibility index (Phi) is 12.0. The molecule has 0 amide bonds. The molecule has 0 heterocycles. The maximum Gasteiger partial charge on any atom is 0.362 e. The summed E-state index contributed by atoms with van der Waals surface area (Å²) in [5.74, 6) is -0.949. The fraction of sp³-hybridized carbons (Fsp3) is 0.812. The summed E-state index contributed by atoms with van der Waals surface area (Å²) in [5, 5.41) is 27.7. The highest BCUT2D eigenvalue weighted by Gasteiger charge is 2.38. The molecule has 0 aliphatic rings. The lowest BCUT2D eigenvalue weighted by Gasteiger charge is -2.40. The molecule has 22 heavy (non-hydrogen) atoms. The van der Waals surface area contributed by atoms with Crippen LogP contribution in [0.3, 0.4) is 0 Å². The van der Waals surface area contributed by atoms with Crippen molar-refractivity contribution in [1.82, 2.24) is 0 Å². The maximum atomic E-state index is 11.3. The van der Waals surface area contributed by atoms with Crippen LogP contribution in [0.15, 0.2) is 12.2 Å². The van der Waals surface area contributed by atoms with Crippen molar-refractivity contribution in [3.8, 4) is 0 Å².